The van der Waals surface area contributed by atoms with E-state index in [2.05, 4.69) is 86.4 Å². The van der Waals surface area contributed by atoms with E-state index < -0.39 is 0 Å². The molecule has 9 nitrogen and oxygen atoms in total. The number of fused-ring (bicyclic) bond motifs is 3. The molecule has 0 bridgehead atoms. The SMILES string of the molecule is CC(C)(C)c1cc(-c2cnc(-n3c4cc(Oc5cccc(Oc6ccccn6)c5)ccc4c4ccc(Oc5cccc(Oc6ccccn6)c5)cc43)nc2)cc(C(C)(C)C)c1. The fourth-order valence-corrected chi connectivity index (χ4v) is 7.10. The minimum Gasteiger partial charge on any atom is -0.457 e. The number of nitrogens with zero attached hydrogens (tertiary/aromatic N) is 5. The highest BCUT2D eigenvalue weighted by molar-refractivity contribution is 6.09. The number of rotatable bonds is 10. The second-order valence-electron chi connectivity index (χ2n) is 17.0. The Labute approximate surface area is 355 Å². The number of hydrogen-bond donors (Lipinski definition) is 0. The van der Waals surface area contributed by atoms with Gasteiger partial charge in [0, 0.05) is 77.5 Å². The van der Waals surface area contributed by atoms with Gasteiger partial charge in [0.1, 0.15) is 34.5 Å². The van der Waals surface area contributed by atoms with Gasteiger partial charge in [-0.25, -0.2) is 19.9 Å². The highest BCUT2D eigenvalue weighted by atomic mass is 16.5. The first-order chi connectivity index (χ1) is 29.4. The molecular weight excluding hydrogens is 759 g/mol. The van der Waals surface area contributed by atoms with Crippen LogP contribution in [0.1, 0.15) is 52.7 Å². The van der Waals surface area contributed by atoms with Gasteiger partial charge in [-0.3, -0.25) is 4.57 Å². The van der Waals surface area contributed by atoms with Crippen molar-refractivity contribution in [3.63, 3.8) is 0 Å². The van der Waals surface area contributed by atoms with Gasteiger partial charge in [0.2, 0.25) is 17.7 Å². The summed E-state index contributed by atoms with van der Waals surface area (Å²) in [5, 5.41) is 2.01. The van der Waals surface area contributed by atoms with Gasteiger partial charge in [-0.1, -0.05) is 84.0 Å². The number of benzene rings is 5. The predicted octanol–water partition coefficient (Wildman–Crippen LogP) is 13.8. The molecule has 0 saturated carbocycles. The summed E-state index contributed by atoms with van der Waals surface area (Å²) >= 11 is 0. The summed E-state index contributed by atoms with van der Waals surface area (Å²) in [7, 11) is 0. The summed E-state index contributed by atoms with van der Waals surface area (Å²) in [6, 6.07) is 45.0. The van der Waals surface area contributed by atoms with Crippen molar-refractivity contribution >= 4 is 21.8 Å². The van der Waals surface area contributed by atoms with E-state index >= 15 is 0 Å². The van der Waals surface area contributed by atoms with Gasteiger partial charge in [-0.2, -0.15) is 0 Å². The minimum absolute atomic E-state index is 0.0276. The third-order valence-electron chi connectivity index (χ3n) is 10.3. The van der Waals surface area contributed by atoms with Crippen LogP contribution in [0.5, 0.6) is 46.3 Å². The molecule has 9 rings (SSSR count). The van der Waals surface area contributed by atoms with E-state index in [1.54, 1.807) is 12.4 Å². The van der Waals surface area contributed by atoms with Gasteiger partial charge in [0.05, 0.1) is 11.0 Å². The van der Waals surface area contributed by atoms with Crippen molar-refractivity contribution in [1.29, 1.82) is 0 Å². The Hall–Kier alpha value is -7.52. The molecule has 0 unspecified atom stereocenters. The first kappa shape index (κ1) is 39.0. The van der Waals surface area contributed by atoms with Crippen molar-refractivity contribution in [3.8, 4) is 63.3 Å². The molecule has 61 heavy (non-hydrogen) atoms. The Bertz CT molecular complexity index is 2810. The third-order valence-corrected chi connectivity index (χ3v) is 10.3. The highest BCUT2D eigenvalue weighted by Gasteiger charge is 2.22. The summed E-state index contributed by atoms with van der Waals surface area (Å²) in [4.78, 5) is 18.6. The minimum atomic E-state index is -0.0276. The van der Waals surface area contributed by atoms with Crippen molar-refractivity contribution < 1.29 is 18.9 Å². The van der Waals surface area contributed by atoms with Gasteiger partial charge in [-0.15, -0.1) is 0 Å². The van der Waals surface area contributed by atoms with Crippen molar-refractivity contribution in [1.82, 2.24) is 24.5 Å². The van der Waals surface area contributed by atoms with Crippen LogP contribution >= 0.6 is 0 Å². The van der Waals surface area contributed by atoms with Crippen LogP contribution in [-0.2, 0) is 10.8 Å². The van der Waals surface area contributed by atoms with Crippen LogP contribution in [-0.4, -0.2) is 24.5 Å². The van der Waals surface area contributed by atoms with E-state index in [1.165, 1.54) is 11.1 Å². The molecule has 9 aromatic rings. The molecule has 0 radical (unpaired) electrons. The number of pyridine rings is 2. The van der Waals surface area contributed by atoms with Crippen molar-refractivity contribution in [2.24, 2.45) is 0 Å². The summed E-state index contributed by atoms with van der Waals surface area (Å²) in [6.07, 6.45) is 7.21. The molecule has 0 aliphatic carbocycles. The lowest BCUT2D eigenvalue weighted by atomic mass is 9.79. The normalized spacial score (nSPS) is 11.8. The quantitative estimate of drug-likeness (QED) is 0.135. The molecular formula is C52H45N5O4. The van der Waals surface area contributed by atoms with E-state index in [-0.39, 0.29) is 10.8 Å². The van der Waals surface area contributed by atoms with Crippen molar-refractivity contribution in [3.05, 3.63) is 175 Å². The van der Waals surface area contributed by atoms with Crippen molar-refractivity contribution in [2.75, 3.05) is 0 Å². The Kier molecular flexibility index (Phi) is 10.2. The van der Waals surface area contributed by atoms with Crippen LogP contribution in [0.25, 0.3) is 38.9 Å². The second kappa shape index (κ2) is 15.9. The number of ether oxygens (including phenoxy) is 4. The molecule has 4 heterocycles. The Morgan fingerprint density at radius 2 is 0.836 bits per heavy atom. The molecule has 0 atom stereocenters. The largest absolute Gasteiger partial charge is 0.457 e. The summed E-state index contributed by atoms with van der Waals surface area (Å²) in [5.74, 6) is 5.26. The molecule has 5 aromatic carbocycles. The lowest BCUT2D eigenvalue weighted by Gasteiger charge is -2.26. The van der Waals surface area contributed by atoms with E-state index in [9.17, 15) is 0 Å². The maximum Gasteiger partial charge on any atom is 0.234 e. The lowest BCUT2D eigenvalue weighted by molar-refractivity contribution is 0.448. The van der Waals surface area contributed by atoms with Crippen molar-refractivity contribution in [2.45, 2.75) is 52.4 Å². The highest BCUT2D eigenvalue weighted by Crippen LogP contribution is 2.39. The Morgan fingerprint density at radius 3 is 1.26 bits per heavy atom. The van der Waals surface area contributed by atoms with E-state index in [4.69, 9.17) is 28.9 Å². The maximum atomic E-state index is 6.47. The first-order valence-electron chi connectivity index (χ1n) is 20.2. The van der Waals surface area contributed by atoms with Crippen LogP contribution in [0.3, 0.4) is 0 Å². The van der Waals surface area contributed by atoms with Gasteiger partial charge in [-0.05, 0) is 88.2 Å². The third kappa shape index (κ3) is 8.63. The Balaban J connectivity index is 1.11. The molecule has 302 valence electrons. The fourth-order valence-electron chi connectivity index (χ4n) is 7.10. The molecule has 0 amide bonds. The number of hydrogen-bond acceptors (Lipinski definition) is 8. The lowest BCUT2D eigenvalue weighted by Crippen LogP contribution is -2.16. The molecule has 0 spiro atoms. The molecule has 0 aliphatic heterocycles. The molecule has 0 fully saturated rings. The van der Waals surface area contributed by atoms with Gasteiger partial charge in [0.15, 0.2) is 0 Å². The zero-order chi connectivity index (χ0) is 42.1. The van der Waals surface area contributed by atoms with Crippen LogP contribution in [0, 0.1) is 0 Å². The zero-order valence-electron chi connectivity index (χ0n) is 35.0. The maximum absolute atomic E-state index is 6.47. The van der Waals surface area contributed by atoms with E-state index in [0.717, 1.165) is 32.9 Å². The number of aromatic nitrogens is 5. The fraction of sp³-hybridized carbons (Fsp3) is 0.154. The molecule has 0 aliphatic rings. The van der Waals surface area contributed by atoms with Crippen LogP contribution < -0.4 is 18.9 Å². The van der Waals surface area contributed by atoms with Gasteiger partial charge < -0.3 is 18.9 Å². The zero-order valence-corrected chi connectivity index (χ0v) is 35.0. The van der Waals surface area contributed by atoms with E-state index in [1.807, 2.05) is 122 Å². The molecule has 4 aromatic heterocycles. The first-order valence-corrected chi connectivity index (χ1v) is 20.2. The van der Waals surface area contributed by atoms with Crippen LogP contribution in [0.4, 0.5) is 0 Å². The average molecular weight is 804 g/mol. The monoisotopic (exact) mass is 803 g/mol. The molecule has 9 heteroatoms. The summed E-state index contributed by atoms with van der Waals surface area (Å²) < 4.78 is 27.0. The van der Waals surface area contributed by atoms with Gasteiger partial charge in [0.25, 0.3) is 0 Å². The van der Waals surface area contributed by atoms with Gasteiger partial charge >= 0.3 is 0 Å². The average Bonchev–Trinajstić information content (AvgIpc) is 3.56. The second-order valence-corrected chi connectivity index (χ2v) is 17.0. The van der Waals surface area contributed by atoms with Crippen LogP contribution in [0.15, 0.2) is 164 Å². The molecule has 0 N–H and O–H groups in total. The standard InChI is InChI=1S/C52H45N5O4/c1-51(2,3)36-25-34(26-37(27-36)52(4,5)6)35-32-55-50(56-33-35)57-46-30-42(58-38-13-11-15-40(28-38)60-48-17-7-9-23-53-48)19-21-44(46)45-22-20-43(31-47(45)57)59-39-14-12-16-41(29-39)61-49-18-8-10-24-54-49/h7-33H,1-6H3. The summed E-state index contributed by atoms with van der Waals surface area (Å²) in [5.41, 5.74) is 6.24. The topological polar surface area (TPSA) is 93.4 Å². The molecule has 0 saturated heterocycles. The van der Waals surface area contributed by atoms with E-state index in [0.29, 0.717) is 52.2 Å². The van der Waals surface area contributed by atoms with Crippen LogP contribution in [0.2, 0.25) is 0 Å². The summed E-state index contributed by atoms with van der Waals surface area (Å²) in [6.45, 7) is 13.5. The smallest absolute Gasteiger partial charge is 0.234 e. The predicted molar refractivity (Wildman–Crippen MR) is 241 cm³/mol. The Morgan fingerprint density at radius 1 is 0.393 bits per heavy atom.